The van der Waals surface area contributed by atoms with Gasteiger partial charge in [-0.3, -0.25) is 0 Å². The molecule has 0 heterocycles. The molecule has 0 radical (unpaired) electrons. The number of nitrogens with one attached hydrogen (secondary N) is 1. The lowest BCUT2D eigenvalue weighted by Gasteiger charge is -2.05. The van der Waals surface area contributed by atoms with Crippen molar-refractivity contribution in [3.8, 4) is 0 Å². The Kier molecular flexibility index (Phi) is 9.67. The quantitative estimate of drug-likeness (QED) is 0.571. The van der Waals surface area contributed by atoms with Crippen LogP contribution in [0.3, 0.4) is 0 Å². The summed E-state index contributed by atoms with van der Waals surface area (Å²) in [6.45, 7) is 10.9. The van der Waals surface area contributed by atoms with Crippen LogP contribution in [0.25, 0.3) is 0 Å². The molecule has 0 atom stereocenters. The SMILES string of the molecule is C=C.CCc1cccc(CNCCCN)c1. The van der Waals surface area contributed by atoms with Crippen molar-refractivity contribution in [3.05, 3.63) is 48.6 Å². The van der Waals surface area contributed by atoms with Gasteiger partial charge in [-0.1, -0.05) is 31.2 Å². The zero-order chi connectivity index (χ0) is 12.2. The molecule has 0 aliphatic carbocycles. The predicted molar refractivity (Wildman–Crippen MR) is 72.5 cm³/mol. The summed E-state index contributed by atoms with van der Waals surface area (Å²) in [5, 5.41) is 3.37. The van der Waals surface area contributed by atoms with E-state index in [2.05, 4.69) is 49.7 Å². The second-order valence-corrected chi connectivity index (χ2v) is 3.49. The third-order valence-electron chi connectivity index (χ3n) is 2.29. The van der Waals surface area contributed by atoms with Crippen LogP contribution in [0, 0.1) is 0 Å². The molecule has 0 amide bonds. The maximum atomic E-state index is 5.41. The lowest BCUT2D eigenvalue weighted by molar-refractivity contribution is 0.655. The van der Waals surface area contributed by atoms with E-state index in [1.807, 2.05) is 0 Å². The van der Waals surface area contributed by atoms with Crippen LogP contribution in [0.1, 0.15) is 24.5 Å². The summed E-state index contributed by atoms with van der Waals surface area (Å²) in [5.41, 5.74) is 8.18. The van der Waals surface area contributed by atoms with Crippen LogP contribution in [0.5, 0.6) is 0 Å². The topological polar surface area (TPSA) is 38.0 Å². The normalized spacial score (nSPS) is 9.38. The maximum Gasteiger partial charge on any atom is 0.0205 e. The Bertz CT molecular complexity index is 271. The van der Waals surface area contributed by atoms with E-state index < -0.39 is 0 Å². The maximum absolute atomic E-state index is 5.41. The molecule has 0 spiro atoms. The van der Waals surface area contributed by atoms with Gasteiger partial charge in [-0.25, -0.2) is 0 Å². The van der Waals surface area contributed by atoms with Crippen molar-refractivity contribution in [2.45, 2.75) is 26.3 Å². The van der Waals surface area contributed by atoms with E-state index in [-0.39, 0.29) is 0 Å². The van der Waals surface area contributed by atoms with Gasteiger partial charge in [0.25, 0.3) is 0 Å². The zero-order valence-electron chi connectivity index (χ0n) is 10.3. The molecule has 0 saturated carbocycles. The van der Waals surface area contributed by atoms with Gasteiger partial charge in [-0.2, -0.15) is 0 Å². The summed E-state index contributed by atoms with van der Waals surface area (Å²) in [6, 6.07) is 8.71. The van der Waals surface area contributed by atoms with Gasteiger partial charge in [0, 0.05) is 6.54 Å². The molecule has 0 aromatic heterocycles. The van der Waals surface area contributed by atoms with Crippen LogP contribution >= 0.6 is 0 Å². The minimum Gasteiger partial charge on any atom is -0.330 e. The number of hydrogen-bond donors (Lipinski definition) is 2. The second-order valence-electron chi connectivity index (χ2n) is 3.49. The first-order valence-corrected chi connectivity index (χ1v) is 5.85. The van der Waals surface area contributed by atoms with E-state index in [1.165, 1.54) is 11.1 Å². The summed E-state index contributed by atoms with van der Waals surface area (Å²) >= 11 is 0. The predicted octanol–water partition coefficient (Wildman–Crippen LogP) is 2.49. The highest BCUT2D eigenvalue weighted by Gasteiger charge is 1.93. The highest BCUT2D eigenvalue weighted by atomic mass is 14.8. The van der Waals surface area contributed by atoms with Crippen molar-refractivity contribution in [2.75, 3.05) is 13.1 Å². The van der Waals surface area contributed by atoms with Crippen molar-refractivity contribution < 1.29 is 0 Å². The van der Waals surface area contributed by atoms with Gasteiger partial charge in [-0.15, -0.1) is 13.2 Å². The van der Waals surface area contributed by atoms with Crippen molar-refractivity contribution >= 4 is 0 Å². The first-order chi connectivity index (χ1) is 7.86. The number of rotatable bonds is 6. The zero-order valence-corrected chi connectivity index (χ0v) is 10.3. The van der Waals surface area contributed by atoms with Gasteiger partial charge in [-0.05, 0) is 37.1 Å². The molecule has 16 heavy (non-hydrogen) atoms. The van der Waals surface area contributed by atoms with Gasteiger partial charge in [0.05, 0.1) is 0 Å². The first-order valence-electron chi connectivity index (χ1n) is 5.85. The van der Waals surface area contributed by atoms with Gasteiger partial charge < -0.3 is 11.1 Å². The number of hydrogen-bond acceptors (Lipinski definition) is 2. The van der Waals surface area contributed by atoms with E-state index in [1.54, 1.807) is 0 Å². The fourth-order valence-corrected chi connectivity index (χ4v) is 1.42. The minimum atomic E-state index is 0.766. The Balaban J connectivity index is 0.00000106. The monoisotopic (exact) mass is 220 g/mol. The largest absolute Gasteiger partial charge is 0.330 e. The van der Waals surface area contributed by atoms with Crippen molar-refractivity contribution in [1.82, 2.24) is 5.32 Å². The van der Waals surface area contributed by atoms with Crippen LogP contribution in [-0.4, -0.2) is 13.1 Å². The standard InChI is InChI=1S/C12H20N2.C2H4/c1-2-11-5-3-6-12(9-11)10-14-8-4-7-13;1-2/h3,5-6,9,14H,2,4,7-8,10,13H2,1H3;1-2H2. The summed E-state index contributed by atoms with van der Waals surface area (Å²) in [4.78, 5) is 0. The van der Waals surface area contributed by atoms with Crippen LogP contribution < -0.4 is 11.1 Å². The average molecular weight is 220 g/mol. The molecule has 0 aliphatic heterocycles. The molecule has 2 heteroatoms. The third-order valence-corrected chi connectivity index (χ3v) is 2.29. The van der Waals surface area contributed by atoms with Crippen LogP contribution in [-0.2, 0) is 13.0 Å². The molecule has 0 bridgehead atoms. The molecule has 1 aromatic carbocycles. The van der Waals surface area contributed by atoms with Gasteiger partial charge in [0.15, 0.2) is 0 Å². The highest BCUT2D eigenvalue weighted by molar-refractivity contribution is 5.23. The van der Waals surface area contributed by atoms with Gasteiger partial charge >= 0.3 is 0 Å². The summed E-state index contributed by atoms with van der Waals surface area (Å²) < 4.78 is 0. The Morgan fingerprint density at radius 1 is 1.25 bits per heavy atom. The summed E-state index contributed by atoms with van der Waals surface area (Å²) in [5.74, 6) is 0. The van der Waals surface area contributed by atoms with Gasteiger partial charge in [0.1, 0.15) is 0 Å². The molecule has 0 fully saturated rings. The molecular formula is C14H24N2. The molecule has 0 aliphatic rings. The van der Waals surface area contributed by atoms with E-state index >= 15 is 0 Å². The lowest BCUT2D eigenvalue weighted by atomic mass is 10.1. The minimum absolute atomic E-state index is 0.766. The molecule has 2 nitrogen and oxygen atoms in total. The molecule has 0 unspecified atom stereocenters. The van der Waals surface area contributed by atoms with Crippen LogP contribution in [0.15, 0.2) is 37.4 Å². The van der Waals surface area contributed by atoms with Crippen molar-refractivity contribution in [3.63, 3.8) is 0 Å². The molecule has 1 rings (SSSR count). The average Bonchev–Trinajstić information content (AvgIpc) is 2.37. The van der Waals surface area contributed by atoms with E-state index in [4.69, 9.17) is 5.73 Å². The van der Waals surface area contributed by atoms with Crippen molar-refractivity contribution in [1.29, 1.82) is 0 Å². The Morgan fingerprint density at radius 3 is 2.56 bits per heavy atom. The Morgan fingerprint density at radius 2 is 1.94 bits per heavy atom. The van der Waals surface area contributed by atoms with E-state index in [0.29, 0.717) is 0 Å². The fourth-order valence-electron chi connectivity index (χ4n) is 1.42. The molecule has 0 saturated heterocycles. The highest BCUT2D eigenvalue weighted by Crippen LogP contribution is 2.05. The summed E-state index contributed by atoms with van der Waals surface area (Å²) in [6.07, 6.45) is 2.16. The number of nitrogens with two attached hydrogens (primary N) is 1. The molecule has 90 valence electrons. The smallest absolute Gasteiger partial charge is 0.0205 e. The Labute approximate surface area is 99.6 Å². The van der Waals surface area contributed by atoms with Crippen LogP contribution in [0.2, 0.25) is 0 Å². The van der Waals surface area contributed by atoms with Crippen LogP contribution in [0.4, 0.5) is 0 Å². The van der Waals surface area contributed by atoms with Gasteiger partial charge in [0.2, 0.25) is 0 Å². The molecule has 1 aromatic rings. The number of aryl methyl sites for hydroxylation is 1. The second kappa shape index (κ2) is 10.4. The van der Waals surface area contributed by atoms with E-state index in [9.17, 15) is 0 Å². The summed E-state index contributed by atoms with van der Waals surface area (Å²) in [7, 11) is 0. The fraction of sp³-hybridized carbons (Fsp3) is 0.429. The number of benzene rings is 1. The Hall–Kier alpha value is -1.12. The molecule has 3 N–H and O–H groups in total. The molecular weight excluding hydrogens is 196 g/mol. The van der Waals surface area contributed by atoms with E-state index in [0.717, 1.165) is 32.5 Å². The third kappa shape index (κ3) is 6.38. The lowest BCUT2D eigenvalue weighted by Crippen LogP contribution is -2.17. The van der Waals surface area contributed by atoms with Crippen molar-refractivity contribution in [2.24, 2.45) is 5.73 Å². The first kappa shape index (κ1) is 14.9.